The normalized spacial score (nSPS) is 11.7. The predicted octanol–water partition coefficient (Wildman–Crippen LogP) is 0.491. The fourth-order valence-electron chi connectivity index (χ4n) is 1.63. The Hall–Kier alpha value is -2.41. The van der Waals surface area contributed by atoms with Gasteiger partial charge >= 0.3 is 11.9 Å². The van der Waals surface area contributed by atoms with Gasteiger partial charge in [0.15, 0.2) is 0 Å². The number of nitrogens with one attached hydrogen (secondary N) is 1. The Kier molecular flexibility index (Phi) is 5.67. The molecule has 20 heavy (non-hydrogen) atoms. The van der Waals surface area contributed by atoms with Gasteiger partial charge in [0.1, 0.15) is 6.04 Å². The lowest BCUT2D eigenvalue weighted by Gasteiger charge is -2.14. The maximum atomic E-state index is 12.0. The molecule has 1 rings (SSSR count). The fourth-order valence-corrected chi connectivity index (χ4v) is 1.63. The van der Waals surface area contributed by atoms with E-state index in [2.05, 4.69) is 5.32 Å². The van der Waals surface area contributed by atoms with Crippen LogP contribution < -0.4 is 5.32 Å². The van der Waals surface area contributed by atoms with Crippen LogP contribution in [0.15, 0.2) is 24.3 Å². The molecule has 1 aromatic carbocycles. The number of carboxylic acid groups (broad SMARTS) is 2. The van der Waals surface area contributed by atoms with Gasteiger partial charge in [-0.1, -0.05) is 18.2 Å². The first-order valence-electron chi connectivity index (χ1n) is 5.78. The zero-order chi connectivity index (χ0) is 15.1. The lowest BCUT2D eigenvalue weighted by atomic mass is 10.1. The first-order valence-corrected chi connectivity index (χ1v) is 5.78. The second kappa shape index (κ2) is 7.25. The highest BCUT2D eigenvalue weighted by atomic mass is 16.5. The highest BCUT2D eigenvalue weighted by Crippen LogP contribution is 2.10. The number of methoxy groups -OCH3 is 1. The van der Waals surface area contributed by atoms with Gasteiger partial charge in [0, 0.05) is 12.7 Å². The quantitative estimate of drug-likeness (QED) is 0.670. The van der Waals surface area contributed by atoms with Crippen molar-refractivity contribution in [2.75, 3.05) is 7.11 Å². The number of rotatable bonds is 7. The molecule has 1 unspecified atom stereocenters. The van der Waals surface area contributed by atoms with Gasteiger partial charge in [0.25, 0.3) is 5.91 Å². The molecule has 1 aromatic rings. The highest BCUT2D eigenvalue weighted by molar-refractivity contribution is 5.98. The molecule has 1 amide bonds. The van der Waals surface area contributed by atoms with Gasteiger partial charge in [-0.2, -0.15) is 0 Å². The van der Waals surface area contributed by atoms with Crippen molar-refractivity contribution in [2.45, 2.75) is 19.1 Å². The fraction of sp³-hybridized carbons (Fsp3) is 0.308. The van der Waals surface area contributed by atoms with E-state index < -0.39 is 30.3 Å². The summed E-state index contributed by atoms with van der Waals surface area (Å²) in [6, 6.07) is 5.06. The van der Waals surface area contributed by atoms with Gasteiger partial charge in [0.05, 0.1) is 13.0 Å². The van der Waals surface area contributed by atoms with E-state index in [1.54, 1.807) is 18.2 Å². The van der Waals surface area contributed by atoms with E-state index in [4.69, 9.17) is 14.9 Å². The molecule has 0 aliphatic rings. The van der Waals surface area contributed by atoms with Crippen LogP contribution in [0.25, 0.3) is 0 Å². The van der Waals surface area contributed by atoms with Crippen LogP contribution in [0, 0.1) is 0 Å². The van der Waals surface area contributed by atoms with E-state index in [-0.39, 0.29) is 12.2 Å². The summed E-state index contributed by atoms with van der Waals surface area (Å²) in [6.45, 7) is 0.195. The summed E-state index contributed by atoms with van der Waals surface area (Å²) in [6.07, 6.45) is -0.687. The van der Waals surface area contributed by atoms with Crippen molar-refractivity contribution < 1.29 is 29.3 Å². The van der Waals surface area contributed by atoms with Crippen molar-refractivity contribution in [3.63, 3.8) is 0 Å². The molecule has 0 aliphatic carbocycles. The van der Waals surface area contributed by atoms with Crippen molar-refractivity contribution in [2.24, 2.45) is 0 Å². The lowest BCUT2D eigenvalue weighted by molar-refractivity contribution is -0.145. The van der Waals surface area contributed by atoms with Gasteiger partial charge < -0.3 is 20.3 Å². The first-order chi connectivity index (χ1) is 9.45. The molecule has 0 spiro atoms. The third-order valence-electron chi connectivity index (χ3n) is 2.54. The number of hydrogen-bond donors (Lipinski definition) is 3. The summed E-state index contributed by atoms with van der Waals surface area (Å²) in [5, 5.41) is 19.7. The molecule has 0 radical (unpaired) electrons. The van der Waals surface area contributed by atoms with Crippen LogP contribution in [-0.2, 0) is 20.9 Å². The Morgan fingerprint density at radius 3 is 2.45 bits per heavy atom. The Labute approximate surface area is 115 Å². The van der Waals surface area contributed by atoms with E-state index in [1.165, 1.54) is 13.2 Å². The number of amides is 1. The summed E-state index contributed by atoms with van der Waals surface area (Å²) in [4.78, 5) is 33.5. The van der Waals surface area contributed by atoms with Gasteiger partial charge in [0.2, 0.25) is 0 Å². The molecule has 0 aliphatic heterocycles. The molecule has 0 saturated carbocycles. The predicted molar refractivity (Wildman–Crippen MR) is 68.3 cm³/mol. The summed E-state index contributed by atoms with van der Waals surface area (Å²) >= 11 is 0. The van der Waals surface area contributed by atoms with Crippen LogP contribution >= 0.6 is 0 Å². The maximum absolute atomic E-state index is 12.0. The summed E-state index contributed by atoms with van der Waals surface area (Å²) < 4.78 is 4.95. The van der Waals surface area contributed by atoms with Crippen molar-refractivity contribution >= 4 is 17.8 Å². The Balaban J connectivity index is 2.88. The van der Waals surface area contributed by atoms with E-state index in [9.17, 15) is 14.4 Å². The average Bonchev–Trinajstić information content (AvgIpc) is 2.38. The highest BCUT2D eigenvalue weighted by Gasteiger charge is 2.24. The third kappa shape index (κ3) is 4.36. The molecule has 0 bridgehead atoms. The second-order valence-corrected chi connectivity index (χ2v) is 4.05. The number of hydrogen-bond acceptors (Lipinski definition) is 4. The van der Waals surface area contributed by atoms with Crippen molar-refractivity contribution in [1.29, 1.82) is 0 Å². The lowest BCUT2D eigenvalue weighted by Crippen LogP contribution is -2.42. The van der Waals surface area contributed by atoms with Gasteiger partial charge in [-0.3, -0.25) is 9.59 Å². The Bertz CT molecular complexity index is 513. The monoisotopic (exact) mass is 281 g/mol. The van der Waals surface area contributed by atoms with E-state index in [1.807, 2.05) is 0 Å². The topological polar surface area (TPSA) is 113 Å². The Morgan fingerprint density at radius 2 is 1.90 bits per heavy atom. The van der Waals surface area contributed by atoms with E-state index in [0.717, 1.165) is 0 Å². The zero-order valence-corrected chi connectivity index (χ0v) is 10.8. The molecule has 0 saturated heterocycles. The van der Waals surface area contributed by atoms with Gasteiger partial charge in [-0.25, -0.2) is 4.79 Å². The van der Waals surface area contributed by atoms with Gasteiger partial charge in [-0.05, 0) is 11.6 Å². The average molecular weight is 281 g/mol. The molecular formula is C13H15NO6. The zero-order valence-electron chi connectivity index (χ0n) is 10.8. The van der Waals surface area contributed by atoms with Crippen LogP contribution in [-0.4, -0.2) is 41.2 Å². The van der Waals surface area contributed by atoms with Crippen LogP contribution in [0.2, 0.25) is 0 Å². The molecule has 1 atom stereocenters. The van der Waals surface area contributed by atoms with Crippen LogP contribution in [0.3, 0.4) is 0 Å². The Morgan fingerprint density at radius 1 is 1.25 bits per heavy atom. The van der Waals surface area contributed by atoms with Crippen molar-refractivity contribution in [3.05, 3.63) is 35.4 Å². The summed E-state index contributed by atoms with van der Waals surface area (Å²) in [7, 11) is 1.47. The minimum atomic E-state index is -1.48. The molecule has 108 valence electrons. The number of carboxylic acids is 2. The molecular weight excluding hydrogens is 266 g/mol. The largest absolute Gasteiger partial charge is 0.481 e. The van der Waals surface area contributed by atoms with Crippen LogP contribution in [0.5, 0.6) is 0 Å². The minimum absolute atomic E-state index is 0.195. The molecule has 0 heterocycles. The second-order valence-electron chi connectivity index (χ2n) is 4.05. The molecule has 0 aromatic heterocycles. The van der Waals surface area contributed by atoms with Crippen molar-refractivity contribution in [3.8, 4) is 0 Å². The maximum Gasteiger partial charge on any atom is 0.326 e. The van der Waals surface area contributed by atoms with Crippen LogP contribution in [0.1, 0.15) is 22.3 Å². The SMILES string of the molecule is COCc1ccccc1C(=O)NC(CC(=O)O)C(=O)O. The minimum Gasteiger partial charge on any atom is -0.481 e. The first kappa shape index (κ1) is 15.6. The molecule has 0 fully saturated rings. The molecule has 7 heteroatoms. The van der Waals surface area contributed by atoms with Crippen LogP contribution in [0.4, 0.5) is 0 Å². The van der Waals surface area contributed by atoms with E-state index >= 15 is 0 Å². The standard InChI is InChI=1S/C13H15NO6/c1-20-7-8-4-2-3-5-9(8)12(17)14-10(13(18)19)6-11(15)16/h2-5,10H,6-7H2,1H3,(H,14,17)(H,15,16)(H,18,19). The number of benzene rings is 1. The number of aliphatic carboxylic acids is 2. The summed E-state index contributed by atoms with van der Waals surface area (Å²) in [5.41, 5.74) is 0.845. The number of carbonyl (C=O) groups is 3. The summed E-state index contributed by atoms with van der Waals surface area (Å²) in [5.74, 6) is -3.35. The van der Waals surface area contributed by atoms with E-state index in [0.29, 0.717) is 5.56 Å². The molecule has 3 N–H and O–H groups in total. The van der Waals surface area contributed by atoms with Gasteiger partial charge in [-0.15, -0.1) is 0 Å². The smallest absolute Gasteiger partial charge is 0.326 e. The van der Waals surface area contributed by atoms with Crippen molar-refractivity contribution in [1.82, 2.24) is 5.32 Å². The number of carbonyl (C=O) groups excluding carboxylic acids is 1. The number of ether oxygens (including phenoxy) is 1. The third-order valence-corrected chi connectivity index (χ3v) is 2.54. The molecule has 7 nitrogen and oxygen atoms in total.